The lowest BCUT2D eigenvalue weighted by atomic mass is 10.2. The zero-order valence-electron chi connectivity index (χ0n) is 8.14. The standard InChI is InChI=1S/C10H7FN4O/c11-8-3-7(4-12)1-2-9(8)13-5-10-14-6-16-15-10/h1-3,6,13H,5H2. The molecule has 0 spiro atoms. The van der Waals surface area contributed by atoms with Crippen molar-refractivity contribution in [2.45, 2.75) is 6.54 Å². The van der Waals surface area contributed by atoms with Crippen LogP contribution in [0, 0.1) is 17.1 Å². The van der Waals surface area contributed by atoms with Gasteiger partial charge < -0.3 is 9.84 Å². The van der Waals surface area contributed by atoms with Gasteiger partial charge in [0.1, 0.15) is 5.82 Å². The van der Waals surface area contributed by atoms with E-state index in [0.29, 0.717) is 11.5 Å². The lowest BCUT2D eigenvalue weighted by Crippen LogP contribution is -2.03. The van der Waals surface area contributed by atoms with E-state index in [1.807, 2.05) is 6.07 Å². The van der Waals surface area contributed by atoms with Gasteiger partial charge in [-0.15, -0.1) is 0 Å². The van der Waals surface area contributed by atoms with Crippen molar-refractivity contribution in [3.63, 3.8) is 0 Å². The maximum absolute atomic E-state index is 13.4. The Hall–Kier alpha value is -2.42. The van der Waals surface area contributed by atoms with E-state index < -0.39 is 5.82 Å². The molecule has 0 unspecified atom stereocenters. The number of halogens is 1. The molecular formula is C10H7FN4O. The smallest absolute Gasteiger partial charge is 0.213 e. The number of benzene rings is 1. The first-order valence-electron chi connectivity index (χ1n) is 4.48. The monoisotopic (exact) mass is 218 g/mol. The van der Waals surface area contributed by atoms with Gasteiger partial charge in [-0.25, -0.2) is 4.39 Å². The van der Waals surface area contributed by atoms with Crippen molar-refractivity contribution in [2.24, 2.45) is 0 Å². The third-order valence-corrected chi connectivity index (χ3v) is 1.94. The summed E-state index contributed by atoms with van der Waals surface area (Å²) >= 11 is 0. The minimum Gasteiger partial charge on any atom is -0.375 e. The zero-order chi connectivity index (χ0) is 11.4. The van der Waals surface area contributed by atoms with Crippen LogP contribution in [-0.4, -0.2) is 10.1 Å². The number of nitriles is 1. The highest BCUT2D eigenvalue weighted by Crippen LogP contribution is 2.15. The summed E-state index contributed by atoms with van der Waals surface area (Å²) in [7, 11) is 0. The van der Waals surface area contributed by atoms with Gasteiger partial charge in [0.2, 0.25) is 6.39 Å². The van der Waals surface area contributed by atoms with E-state index in [9.17, 15) is 4.39 Å². The molecule has 0 fully saturated rings. The average molecular weight is 218 g/mol. The third-order valence-electron chi connectivity index (χ3n) is 1.94. The largest absolute Gasteiger partial charge is 0.375 e. The number of aromatic nitrogens is 2. The molecule has 0 atom stereocenters. The van der Waals surface area contributed by atoms with Gasteiger partial charge in [-0.05, 0) is 18.2 Å². The molecule has 1 N–H and O–H groups in total. The van der Waals surface area contributed by atoms with Crippen LogP contribution in [0.2, 0.25) is 0 Å². The fraction of sp³-hybridized carbons (Fsp3) is 0.100. The molecule has 5 nitrogen and oxygen atoms in total. The number of hydrogen-bond acceptors (Lipinski definition) is 5. The van der Waals surface area contributed by atoms with Crippen molar-refractivity contribution < 1.29 is 8.91 Å². The van der Waals surface area contributed by atoms with Crippen LogP contribution in [0.15, 0.2) is 29.1 Å². The normalized spacial score (nSPS) is 9.75. The second-order valence-electron chi connectivity index (χ2n) is 3.01. The molecule has 0 bridgehead atoms. The Kier molecular flexibility index (Phi) is 2.78. The molecule has 0 saturated carbocycles. The SMILES string of the molecule is N#Cc1ccc(NCc2ncon2)c(F)c1. The van der Waals surface area contributed by atoms with Gasteiger partial charge in [-0.3, -0.25) is 0 Å². The highest BCUT2D eigenvalue weighted by Gasteiger charge is 2.04. The molecule has 2 rings (SSSR count). The highest BCUT2D eigenvalue weighted by atomic mass is 19.1. The first-order chi connectivity index (χ1) is 7.79. The topological polar surface area (TPSA) is 74.7 Å². The molecular weight excluding hydrogens is 211 g/mol. The summed E-state index contributed by atoms with van der Waals surface area (Å²) in [5.41, 5.74) is 0.575. The average Bonchev–Trinajstić information content (AvgIpc) is 2.80. The molecule has 1 aromatic carbocycles. The molecule has 0 saturated heterocycles. The van der Waals surface area contributed by atoms with E-state index in [1.54, 1.807) is 0 Å². The zero-order valence-corrected chi connectivity index (χ0v) is 8.14. The molecule has 1 heterocycles. The van der Waals surface area contributed by atoms with Crippen LogP contribution >= 0.6 is 0 Å². The molecule has 1 aromatic heterocycles. The quantitative estimate of drug-likeness (QED) is 0.848. The van der Waals surface area contributed by atoms with Crippen molar-refractivity contribution in [1.82, 2.24) is 10.1 Å². The molecule has 80 valence electrons. The lowest BCUT2D eigenvalue weighted by molar-refractivity contribution is 0.411. The Morgan fingerprint density at radius 3 is 3.00 bits per heavy atom. The number of hydrogen-bond donors (Lipinski definition) is 1. The summed E-state index contributed by atoms with van der Waals surface area (Å²) in [5.74, 6) is -0.0497. The van der Waals surface area contributed by atoms with Crippen LogP contribution < -0.4 is 5.32 Å². The van der Waals surface area contributed by atoms with E-state index in [1.165, 1.54) is 24.6 Å². The van der Waals surface area contributed by atoms with Gasteiger partial charge in [0.25, 0.3) is 0 Å². The van der Waals surface area contributed by atoms with Gasteiger partial charge >= 0.3 is 0 Å². The maximum Gasteiger partial charge on any atom is 0.213 e. The van der Waals surface area contributed by atoms with Crippen LogP contribution in [0.3, 0.4) is 0 Å². The van der Waals surface area contributed by atoms with Crippen molar-refractivity contribution in [3.8, 4) is 6.07 Å². The Labute approximate surface area is 90.5 Å². The Bertz CT molecular complexity index is 518. The van der Waals surface area contributed by atoms with E-state index in [0.717, 1.165) is 0 Å². The summed E-state index contributed by atoms with van der Waals surface area (Å²) in [4.78, 5) is 3.78. The number of nitrogens with zero attached hydrogens (tertiary/aromatic N) is 3. The Morgan fingerprint density at radius 1 is 1.50 bits per heavy atom. The summed E-state index contributed by atoms with van der Waals surface area (Å²) in [6.45, 7) is 0.263. The lowest BCUT2D eigenvalue weighted by Gasteiger charge is -2.04. The molecule has 0 aliphatic rings. The summed E-state index contributed by atoms with van der Waals surface area (Å²) in [6.07, 6.45) is 1.20. The summed E-state index contributed by atoms with van der Waals surface area (Å²) in [5, 5.41) is 14.9. The van der Waals surface area contributed by atoms with Crippen molar-refractivity contribution >= 4 is 5.69 Å². The predicted octanol–water partition coefficient (Wildman–Crippen LogP) is 1.69. The maximum atomic E-state index is 13.4. The molecule has 6 heteroatoms. The molecule has 2 aromatic rings. The Morgan fingerprint density at radius 2 is 2.38 bits per heavy atom. The number of rotatable bonds is 3. The Balaban J connectivity index is 2.08. The van der Waals surface area contributed by atoms with Gasteiger partial charge in [0, 0.05) is 0 Å². The van der Waals surface area contributed by atoms with Gasteiger partial charge in [0.15, 0.2) is 5.82 Å². The highest BCUT2D eigenvalue weighted by molar-refractivity contribution is 5.48. The molecule has 0 radical (unpaired) electrons. The van der Waals surface area contributed by atoms with E-state index in [4.69, 9.17) is 5.26 Å². The molecule has 0 aliphatic carbocycles. The first-order valence-corrected chi connectivity index (χ1v) is 4.48. The van der Waals surface area contributed by atoms with Crippen LogP contribution in [0.25, 0.3) is 0 Å². The van der Waals surface area contributed by atoms with Crippen molar-refractivity contribution in [3.05, 3.63) is 41.8 Å². The third kappa shape index (κ3) is 2.15. The number of nitrogens with one attached hydrogen (secondary N) is 1. The number of anilines is 1. The summed E-state index contributed by atoms with van der Waals surface area (Å²) < 4.78 is 17.9. The minimum atomic E-state index is -0.484. The minimum absolute atomic E-state index is 0.263. The first kappa shape index (κ1) is 10.1. The van der Waals surface area contributed by atoms with Gasteiger partial charge in [0.05, 0.1) is 23.9 Å². The van der Waals surface area contributed by atoms with E-state index in [-0.39, 0.29) is 12.1 Å². The fourth-order valence-corrected chi connectivity index (χ4v) is 1.17. The van der Waals surface area contributed by atoms with E-state index in [2.05, 4.69) is 20.0 Å². The molecule has 16 heavy (non-hydrogen) atoms. The van der Waals surface area contributed by atoms with Crippen LogP contribution in [0.4, 0.5) is 10.1 Å². The molecule has 0 aliphatic heterocycles. The second kappa shape index (κ2) is 4.40. The molecule has 0 amide bonds. The predicted molar refractivity (Wildman–Crippen MR) is 52.7 cm³/mol. The fourth-order valence-electron chi connectivity index (χ4n) is 1.17. The van der Waals surface area contributed by atoms with Gasteiger partial charge in [-0.2, -0.15) is 10.2 Å². The summed E-state index contributed by atoms with van der Waals surface area (Å²) in [6, 6.07) is 6.05. The van der Waals surface area contributed by atoms with Crippen LogP contribution in [0.1, 0.15) is 11.4 Å². The second-order valence-corrected chi connectivity index (χ2v) is 3.01. The van der Waals surface area contributed by atoms with E-state index >= 15 is 0 Å². The van der Waals surface area contributed by atoms with Gasteiger partial charge in [-0.1, -0.05) is 5.16 Å². The van der Waals surface area contributed by atoms with Crippen LogP contribution in [0.5, 0.6) is 0 Å². The van der Waals surface area contributed by atoms with Crippen molar-refractivity contribution in [2.75, 3.05) is 5.32 Å². The van der Waals surface area contributed by atoms with Crippen LogP contribution in [-0.2, 0) is 6.54 Å². The van der Waals surface area contributed by atoms with Crippen molar-refractivity contribution in [1.29, 1.82) is 5.26 Å².